The monoisotopic (exact) mass is 352 g/mol. The third-order valence-corrected chi connectivity index (χ3v) is 5.60. The number of rotatable bonds is 5. The molecule has 24 heavy (non-hydrogen) atoms. The second kappa shape index (κ2) is 7.53. The zero-order valence-electron chi connectivity index (χ0n) is 14.7. The van der Waals surface area contributed by atoms with Crippen LogP contribution in [-0.2, 0) is 16.6 Å². The summed E-state index contributed by atoms with van der Waals surface area (Å²) in [5.74, 6) is 0.885. The zero-order chi connectivity index (χ0) is 17.8. The van der Waals surface area contributed by atoms with Gasteiger partial charge in [-0.3, -0.25) is 0 Å². The quantitative estimate of drug-likeness (QED) is 0.626. The van der Waals surface area contributed by atoms with Crippen molar-refractivity contribution in [2.45, 2.75) is 45.1 Å². The maximum Gasteiger partial charge on any atom is 0.238 e. The molecular formula is C17H28N4O2S. The lowest BCUT2D eigenvalue weighted by atomic mass is 9.87. The zero-order valence-corrected chi connectivity index (χ0v) is 15.6. The molecule has 0 aromatic heterocycles. The number of hydrogen-bond donors (Lipinski definition) is 2. The molecule has 1 aliphatic rings. The SMILES string of the molecule is CCNC(=NCc1cccc(S(N)(=O)=O)c1)N1CCC(C)(CC)C1. The van der Waals surface area contributed by atoms with Crippen LogP contribution in [0.15, 0.2) is 34.2 Å². The molecule has 1 aromatic carbocycles. The van der Waals surface area contributed by atoms with E-state index in [0.717, 1.165) is 44.0 Å². The number of nitrogens with zero attached hydrogens (tertiary/aromatic N) is 2. The Hall–Kier alpha value is -1.60. The fourth-order valence-electron chi connectivity index (χ4n) is 2.91. The van der Waals surface area contributed by atoms with Gasteiger partial charge >= 0.3 is 0 Å². The van der Waals surface area contributed by atoms with Crippen molar-refractivity contribution in [3.8, 4) is 0 Å². The third-order valence-electron chi connectivity index (χ3n) is 4.68. The average Bonchev–Trinajstić information content (AvgIpc) is 2.94. The van der Waals surface area contributed by atoms with Crippen LogP contribution in [0.3, 0.4) is 0 Å². The molecule has 6 nitrogen and oxygen atoms in total. The van der Waals surface area contributed by atoms with Gasteiger partial charge in [-0.2, -0.15) is 0 Å². The van der Waals surface area contributed by atoms with Crippen molar-refractivity contribution in [1.29, 1.82) is 0 Å². The third kappa shape index (κ3) is 4.70. The topological polar surface area (TPSA) is 87.8 Å². The van der Waals surface area contributed by atoms with E-state index >= 15 is 0 Å². The lowest BCUT2D eigenvalue weighted by Gasteiger charge is -2.25. The van der Waals surface area contributed by atoms with E-state index in [1.807, 2.05) is 13.0 Å². The van der Waals surface area contributed by atoms with Gasteiger partial charge < -0.3 is 10.2 Å². The van der Waals surface area contributed by atoms with Gasteiger partial charge in [0, 0.05) is 19.6 Å². The fourth-order valence-corrected chi connectivity index (χ4v) is 3.49. The highest BCUT2D eigenvalue weighted by Gasteiger charge is 2.33. The van der Waals surface area contributed by atoms with Crippen LogP contribution in [0.25, 0.3) is 0 Å². The largest absolute Gasteiger partial charge is 0.357 e. The molecule has 1 saturated heterocycles. The summed E-state index contributed by atoms with van der Waals surface area (Å²) in [7, 11) is -3.68. The van der Waals surface area contributed by atoms with Crippen molar-refractivity contribution in [1.82, 2.24) is 10.2 Å². The normalized spacial score (nSPS) is 22.0. The fraction of sp³-hybridized carbons (Fsp3) is 0.588. The van der Waals surface area contributed by atoms with Gasteiger partial charge in [0.05, 0.1) is 11.4 Å². The molecule has 0 spiro atoms. The van der Waals surface area contributed by atoms with Gasteiger partial charge in [-0.05, 0) is 42.9 Å². The Balaban J connectivity index is 2.15. The molecule has 0 radical (unpaired) electrons. The molecule has 1 aliphatic heterocycles. The number of likely N-dealkylation sites (tertiary alicyclic amines) is 1. The second-order valence-electron chi connectivity index (χ2n) is 6.70. The van der Waals surface area contributed by atoms with Crippen LogP contribution in [-0.4, -0.2) is 38.9 Å². The van der Waals surface area contributed by atoms with Crippen molar-refractivity contribution in [3.63, 3.8) is 0 Å². The minimum Gasteiger partial charge on any atom is -0.357 e. The van der Waals surface area contributed by atoms with Gasteiger partial charge in [0.2, 0.25) is 10.0 Å². The Morgan fingerprint density at radius 3 is 2.75 bits per heavy atom. The number of benzene rings is 1. The number of aliphatic imine (C=N–C) groups is 1. The summed E-state index contributed by atoms with van der Waals surface area (Å²) >= 11 is 0. The van der Waals surface area contributed by atoms with E-state index < -0.39 is 10.0 Å². The van der Waals surface area contributed by atoms with Crippen LogP contribution < -0.4 is 10.5 Å². The molecule has 0 saturated carbocycles. The highest BCUT2D eigenvalue weighted by molar-refractivity contribution is 7.89. The first kappa shape index (κ1) is 18.7. The first-order valence-corrected chi connectivity index (χ1v) is 9.97. The van der Waals surface area contributed by atoms with E-state index in [1.54, 1.807) is 12.1 Å². The smallest absolute Gasteiger partial charge is 0.238 e. The Kier molecular flexibility index (Phi) is 5.87. The number of nitrogens with two attached hydrogens (primary N) is 1. The molecule has 0 amide bonds. The molecule has 134 valence electrons. The standard InChI is InChI=1S/C17H28N4O2S/c1-4-17(3)9-10-21(13-17)16(19-5-2)20-12-14-7-6-8-15(11-14)24(18,22)23/h6-8,11H,4-5,9-10,12-13H2,1-3H3,(H,19,20)(H2,18,22,23). The van der Waals surface area contributed by atoms with Crippen molar-refractivity contribution in [2.75, 3.05) is 19.6 Å². The minimum atomic E-state index is -3.68. The lowest BCUT2D eigenvalue weighted by Crippen LogP contribution is -2.41. The molecule has 3 N–H and O–H groups in total. The molecule has 0 bridgehead atoms. The number of primary sulfonamides is 1. The maximum absolute atomic E-state index is 11.5. The molecular weight excluding hydrogens is 324 g/mol. The number of hydrogen-bond acceptors (Lipinski definition) is 3. The predicted octanol–water partition coefficient (Wildman–Crippen LogP) is 1.92. The summed E-state index contributed by atoms with van der Waals surface area (Å²) in [5.41, 5.74) is 1.17. The lowest BCUT2D eigenvalue weighted by molar-refractivity contribution is 0.322. The van der Waals surface area contributed by atoms with Gasteiger partial charge in [0.1, 0.15) is 0 Å². The summed E-state index contributed by atoms with van der Waals surface area (Å²) in [6.45, 7) is 9.80. The molecule has 1 heterocycles. The van der Waals surface area contributed by atoms with Crippen LogP contribution in [0.1, 0.15) is 39.2 Å². The van der Waals surface area contributed by atoms with Crippen molar-refractivity contribution in [2.24, 2.45) is 15.5 Å². The minimum absolute atomic E-state index is 0.125. The summed E-state index contributed by atoms with van der Waals surface area (Å²) in [6.07, 6.45) is 2.31. The maximum atomic E-state index is 11.5. The first-order chi connectivity index (χ1) is 11.3. The molecule has 0 aliphatic carbocycles. The molecule has 1 unspecified atom stereocenters. The first-order valence-electron chi connectivity index (χ1n) is 8.42. The van der Waals surface area contributed by atoms with Crippen molar-refractivity contribution in [3.05, 3.63) is 29.8 Å². The number of sulfonamides is 1. The van der Waals surface area contributed by atoms with E-state index in [-0.39, 0.29) is 4.90 Å². The summed E-state index contributed by atoms with van der Waals surface area (Å²) in [5, 5.41) is 8.52. The molecule has 2 rings (SSSR count). The molecule has 7 heteroatoms. The number of guanidine groups is 1. The van der Waals surface area contributed by atoms with Gasteiger partial charge in [-0.15, -0.1) is 0 Å². The Morgan fingerprint density at radius 1 is 1.42 bits per heavy atom. The summed E-state index contributed by atoms with van der Waals surface area (Å²) in [6, 6.07) is 6.65. The van der Waals surface area contributed by atoms with E-state index in [0.29, 0.717) is 12.0 Å². The van der Waals surface area contributed by atoms with E-state index in [9.17, 15) is 8.42 Å². The second-order valence-corrected chi connectivity index (χ2v) is 8.26. The van der Waals surface area contributed by atoms with Crippen molar-refractivity contribution >= 4 is 16.0 Å². The van der Waals surface area contributed by atoms with Gasteiger partial charge in [0.15, 0.2) is 5.96 Å². The summed E-state index contributed by atoms with van der Waals surface area (Å²) < 4.78 is 22.9. The molecule has 1 fully saturated rings. The van der Waals surface area contributed by atoms with Gasteiger partial charge in [0.25, 0.3) is 0 Å². The Morgan fingerprint density at radius 2 is 2.17 bits per heavy atom. The van der Waals surface area contributed by atoms with Gasteiger partial charge in [-0.25, -0.2) is 18.5 Å². The van der Waals surface area contributed by atoms with E-state index in [4.69, 9.17) is 5.14 Å². The Labute approximate surface area is 145 Å². The van der Waals surface area contributed by atoms with Crippen LogP contribution in [0, 0.1) is 5.41 Å². The van der Waals surface area contributed by atoms with Crippen molar-refractivity contribution < 1.29 is 8.42 Å². The molecule has 1 aromatic rings. The summed E-state index contributed by atoms with van der Waals surface area (Å²) in [4.78, 5) is 7.10. The predicted molar refractivity (Wildman–Crippen MR) is 97.2 cm³/mol. The van der Waals surface area contributed by atoms with E-state index in [2.05, 4.69) is 29.1 Å². The van der Waals surface area contributed by atoms with E-state index in [1.165, 1.54) is 6.07 Å². The van der Waals surface area contributed by atoms with Crippen LogP contribution in [0.2, 0.25) is 0 Å². The van der Waals surface area contributed by atoms with Gasteiger partial charge in [-0.1, -0.05) is 26.0 Å². The highest BCUT2D eigenvalue weighted by Crippen LogP contribution is 2.32. The average molecular weight is 353 g/mol. The highest BCUT2D eigenvalue weighted by atomic mass is 32.2. The Bertz CT molecular complexity index is 702. The van der Waals surface area contributed by atoms with Crippen LogP contribution in [0.4, 0.5) is 0 Å². The van der Waals surface area contributed by atoms with Crippen LogP contribution >= 0.6 is 0 Å². The van der Waals surface area contributed by atoms with Crippen LogP contribution in [0.5, 0.6) is 0 Å². The number of nitrogens with one attached hydrogen (secondary N) is 1. The molecule has 1 atom stereocenters.